The van der Waals surface area contributed by atoms with Crippen molar-refractivity contribution in [3.05, 3.63) is 53.1 Å². The number of hydrogen-bond acceptors (Lipinski definition) is 7. The van der Waals surface area contributed by atoms with Crippen LogP contribution in [0.25, 0.3) is 22.5 Å². The van der Waals surface area contributed by atoms with Crippen molar-refractivity contribution in [2.24, 2.45) is 0 Å². The van der Waals surface area contributed by atoms with Gasteiger partial charge in [-0.3, -0.25) is 14.3 Å². The maximum atomic E-state index is 12.5. The lowest BCUT2D eigenvalue weighted by Crippen LogP contribution is -2.22. The molecule has 4 aromatic heterocycles. The monoisotopic (exact) mass is 448 g/mol. The van der Waals surface area contributed by atoms with Gasteiger partial charge in [-0.15, -0.1) is 11.3 Å². The van der Waals surface area contributed by atoms with Crippen LogP contribution in [0.1, 0.15) is 27.3 Å². The number of anilines is 2. The predicted molar refractivity (Wildman–Crippen MR) is 126 cm³/mol. The molecule has 1 amide bonds. The Labute approximate surface area is 189 Å². The van der Waals surface area contributed by atoms with Crippen molar-refractivity contribution in [3.8, 4) is 11.3 Å². The smallest absolute Gasteiger partial charge is 0.263 e. The van der Waals surface area contributed by atoms with Gasteiger partial charge in [-0.05, 0) is 37.1 Å². The molecular weight excluding hydrogens is 424 g/mol. The van der Waals surface area contributed by atoms with E-state index in [1.54, 1.807) is 25.2 Å². The number of nitrogens with zero attached hydrogens (tertiary/aromatic N) is 5. The molecule has 10 heteroatoms. The van der Waals surface area contributed by atoms with E-state index in [4.69, 9.17) is 4.98 Å². The van der Waals surface area contributed by atoms with E-state index < -0.39 is 0 Å². The molecule has 0 fully saturated rings. The molecule has 4 aromatic rings. The fraction of sp³-hybridized carbons (Fsp3) is 0.273. The van der Waals surface area contributed by atoms with Crippen LogP contribution in [0.2, 0.25) is 0 Å². The number of rotatable bonds is 5. The topological polar surface area (TPSA) is 103 Å². The molecule has 0 saturated carbocycles. The zero-order chi connectivity index (χ0) is 22.2. The van der Waals surface area contributed by atoms with Crippen LogP contribution < -0.4 is 10.6 Å². The third kappa shape index (κ3) is 3.67. The largest absolute Gasteiger partial charge is 0.344 e. The highest BCUT2D eigenvalue weighted by atomic mass is 32.1. The number of imidazole rings is 1. The summed E-state index contributed by atoms with van der Waals surface area (Å²) in [7, 11) is 3.52. The van der Waals surface area contributed by atoms with E-state index in [1.807, 2.05) is 36.0 Å². The second kappa shape index (κ2) is 8.21. The number of aromatic nitrogens is 5. The molecule has 0 saturated heterocycles. The molecule has 0 atom stereocenters. The Morgan fingerprint density at radius 2 is 2.19 bits per heavy atom. The second-order valence-corrected chi connectivity index (χ2v) is 8.99. The minimum Gasteiger partial charge on any atom is -0.344 e. The molecule has 5 heterocycles. The van der Waals surface area contributed by atoms with E-state index >= 15 is 0 Å². The third-order valence-corrected chi connectivity index (χ3v) is 6.54. The summed E-state index contributed by atoms with van der Waals surface area (Å²) in [5.74, 6) is 0.641. The van der Waals surface area contributed by atoms with Crippen molar-refractivity contribution >= 4 is 39.3 Å². The fourth-order valence-electron chi connectivity index (χ4n) is 3.75. The first-order chi connectivity index (χ1) is 15.5. The summed E-state index contributed by atoms with van der Waals surface area (Å²) in [4.78, 5) is 24.4. The number of carbonyl (C=O) groups is 1. The van der Waals surface area contributed by atoms with Gasteiger partial charge in [0.25, 0.3) is 5.91 Å². The van der Waals surface area contributed by atoms with Crippen LogP contribution in [0.15, 0.2) is 36.9 Å². The number of H-pyrrole nitrogens is 1. The van der Waals surface area contributed by atoms with E-state index in [9.17, 15) is 4.79 Å². The first kappa shape index (κ1) is 20.4. The van der Waals surface area contributed by atoms with Crippen LogP contribution in [0, 0.1) is 6.92 Å². The molecule has 1 aliphatic heterocycles. The first-order valence-electron chi connectivity index (χ1n) is 10.4. The van der Waals surface area contributed by atoms with Gasteiger partial charge >= 0.3 is 0 Å². The van der Waals surface area contributed by atoms with Gasteiger partial charge in [0, 0.05) is 38.6 Å². The molecule has 0 aliphatic carbocycles. The zero-order valence-corrected chi connectivity index (χ0v) is 19.0. The number of aryl methyl sites for hydroxylation is 1. The Kier molecular flexibility index (Phi) is 5.24. The number of thiophene rings is 1. The number of aromatic amines is 1. The Bertz CT molecular complexity index is 1320. The number of amides is 1. The molecule has 5 rings (SSSR count). The summed E-state index contributed by atoms with van der Waals surface area (Å²) in [6.07, 6.45) is 10.7. The lowest BCUT2D eigenvalue weighted by atomic mass is 10.1. The van der Waals surface area contributed by atoms with Gasteiger partial charge < -0.3 is 15.5 Å². The molecule has 9 nitrogen and oxygen atoms in total. The first-order valence-corrected chi connectivity index (χ1v) is 11.2. The van der Waals surface area contributed by atoms with Gasteiger partial charge in [0.2, 0.25) is 0 Å². The molecule has 0 aromatic carbocycles. The fourth-order valence-corrected chi connectivity index (χ4v) is 4.84. The highest BCUT2D eigenvalue weighted by molar-refractivity contribution is 7.18. The summed E-state index contributed by atoms with van der Waals surface area (Å²) in [5, 5.41) is 14.6. The molecule has 0 spiro atoms. The Hall–Kier alpha value is -3.50. The lowest BCUT2D eigenvalue weighted by Gasteiger charge is -2.16. The van der Waals surface area contributed by atoms with Crippen LogP contribution in [0.5, 0.6) is 0 Å². The standard InChI is InChI=1S/C22H24N8OS/c1-13-7-18(32-19(13)22(31)29(2)3)28-20-21-24-11-17(15-9-25-26-10-15)30(21)12-16(27-20)14-5-4-6-23-8-14/h5,7,9-12,23H,4,6,8H2,1-3H3,(H,25,26)(H,27,28). The Morgan fingerprint density at radius 3 is 2.91 bits per heavy atom. The summed E-state index contributed by atoms with van der Waals surface area (Å²) in [5.41, 5.74) is 5.55. The maximum Gasteiger partial charge on any atom is 0.263 e. The van der Waals surface area contributed by atoms with E-state index in [0.29, 0.717) is 16.3 Å². The summed E-state index contributed by atoms with van der Waals surface area (Å²) >= 11 is 1.42. The van der Waals surface area contributed by atoms with Gasteiger partial charge in [-0.2, -0.15) is 5.10 Å². The van der Waals surface area contributed by atoms with Crippen LogP contribution in [-0.2, 0) is 0 Å². The van der Waals surface area contributed by atoms with Crippen molar-refractivity contribution < 1.29 is 4.79 Å². The van der Waals surface area contributed by atoms with Crippen molar-refractivity contribution in [1.82, 2.24) is 34.8 Å². The average Bonchev–Trinajstić information content (AvgIpc) is 3.53. The summed E-state index contributed by atoms with van der Waals surface area (Å²) < 4.78 is 2.04. The van der Waals surface area contributed by atoms with Gasteiger partial charge in [0.15, 0.2) is 11.5 Å². The minimum atomic E-state index is -0.00565. The van der Waals surface area contributed by atoms with Crippen LogP contribution in [0.3, 0.4) is 0 Å². The number of nitrogens with one attached hydrogen (secondary N) is 3. The van der Waals surface area contributed by atoms with Crippen molar-refractivity contribution in [2.45, 2.75) is 13.3 Å². The summed E-state index contributed by atoms with van der Waals surface area (Å²) in [6, 6.07) is 1.98. The third-order valence-electron chi connectivity index (χ3n) is 5.40. The van der Waals surface area contributed by atoms with Crippen LogP contribution in [0.4, 0.5) is 10.8 Å². The normalized spacial score (nSPS) is 13.9. The molecule has 164 valence electrons. The maximum absolute atomic E-state index is 12.5. The highest BCUT2D eigenvalue weighted by Crippen LogP contribution is 2.32. The molecule has 0 radical (unpaired) electrons. The average molecular weight is 449 g/mol. The zero-order valence-electron chi connectivity index (χ0n) is 18.1. The Balaban J connectivity index is 1.61. The van der Waals surface area contributed by atoms with Crippen molar-refractivity contribution in [1.29, 1.82) is 0 Å². The SMILES string of the molecule is Cc1cc(Nc2nc(C3=CCCNC3)cn3c(-c4cn[nH]c4)cnc23)sc1C(=O)N(C)C. The van der Waals surface area contributed by atoms with Gasteiger partial charge in [-0.25, -0.2) is 9.97 Å². The Morgan fingerprint density at radius 1 is 1.31 bits per heavy atom. The quantitative estimate of drug-likeness (QED) is 0.433. The number of fused-ring (bicyclic) bond motifs is 1. The number of carbonyl (C=O) groups excluding carboxylic acids is 1. The molecule has 0 bridgehead atoms. The lowest BCUT2D eigenvalue weighted by molar-refractivity contribution is 0.0831. The number of hydrogen-bond donors (Lipinski definition) is 3. The molecule has 32 heavy (non-hydrogen) atoms. The van der Waals surface area contributed by atoms with Crippen molar-refractivity contribution in [2.75, 3.05) is 32.5 Å². The molecule has 0 unspecified atom stereocenters. The summed E-state index contributed by atoms with van der Waals surface area (Å²) in [6.45, 7) is 3.69. The van der Waals surface area contributed by atoms with E-state index in [1.165, 1.54) is 11.3 Å². The van der Waals surface area contributed by atoms with E-state index in [2.05, 4.69) is 31.9 Å². The molecular formula is C22H24N8OS. The van der Waals surface area contributed by atoms with E-state index in [0.717, 1.165) is 52.6 Å². The van der Waals surface area contributed by atoms with Gasteiger partial charge in [-0.1, -0.05) is 6.08 Å². The predicted octanol–water partition coefficient (Wildman–Crippen LogP) is 3.31. The van der Waals surface area contributed by atoms with Crippen LogP contribution >= 0.6 is 11.3 Å². The van der Waals surface area contributed by atoms with Gasteiger partial charge in [0.1, 0.15) is 0 Å². The minimum absolute atomic E-state index is 0.00565. The van der Waals surface area contributed by atoms with Crippen LogP contribution in [-0.4, -0.2) is 62.6 Å². The second-order valence-electron chi connectivity index (χ2n) is 7.94. The molecule has 1 aliphatic rings. The van der Waals surface area contributed by atoms with Gasteiger partial charge in [0.05, 0.1) is 33.7 Å². The van der Waals surface area contributed by atoms with Crippen molar-refractivity contribution in [3.63, 3.8) is 0 Å². The van der Waals surface area contributed by atoms with E-state index in [-0.39, 0.29) is 5.91 Å². The highest BCUT2D eigenvalue weighted by Gasteiger charge is 2.19. The molecule has 3 N–H and O–H groups in total.